The molecule has 1 aromatic carbocycles. The Balaban J connectivity index is 2.02. The van der Waals surface area contributed by atoms with Gasteiger partial charge in [0.05, 0.1) is 11.4 Å². The monoisotopic (exact) mass is 312 g/mol. The molecule has 0 saturated heterocycles. The molecule has 0 heterocycles. The Labute approximate surface area is 137 Å². The van der Waals surface area contributed by atoms with E-state index < -0.39 is 0 Å². The third kappa shape index (κ3) is 5.09. The van der Waals surface area contributed by atoms with Crippen molar-refractivity contribution in [3.63, 3.8) is 0 Å². The molecule has 1 aromatic rings. The molecule has 0 bridgehead atoms. The molecule has 0 aromatic heterocycles. The molecule has 1 unspecified atom stereocenters. The van der Waals surface area contributed by atoms with Crippen molar-refractivity contribution in [1.29, 1.82) is 0 Å². The van der Waals surface area contributed by atoms with Gasteiger partial charge in [-0.2, -0.15) is 0 Å². The number of hydrogen-bond donors (Lipinski definition) is 2. The summed E-state index contributed by atoms with van der Waals surface area (Å²) in [5.41, 5.74) is 1.93. The van der Waals surface area contributed by atoms with Gasteiger partial charge in [-0.15, -0.1) is 0 Å². The van der Waals surface area contributed by atoms with Gasteiger partial charge in [-0.1, -0.05) is 37.3 Å². The standard InChI is InChI=1S/C19H24N2O2/c1-3-8-14(2)19(23)21-17-12-7-6-11-16(17)20-18(22)13-15-9-4-5-10-15/h4,6-9,11-12,15H,3,5,10,13H2,1-2H3,(H,20,22)(H,21,23)/b14-8-. The molecule has 0 radical (unpaired) electrons. The third-order valence-electron chi connectivity index (χ3n) is 3.88. The maximum atomic E-state index is 12.2. The lowest BCUT2D eigenvalue weighted by Gasteiger charge is -2.13. The van der Waals surface area contributed by atoms with E-state index in [1.807, 2.05) is 25.1 Å². The van der Waals surface area contributed by atoms with Crippen LogP contribution in [0.25, 0.3) is 0 Å². The molecule has 0 saturated carbocycles. The van der Waals surface area contributed by atoms with Crippen LogP contribution < -0.4 is 10.6 Å². The van der Waals surface area contributed by atoms with Crippen LogP contribution in [0.1, 0.15) is 39.5 Å². The normalized spacial score (nSPS) is 17.1. The van der Waals surface area contributed by atoms with Crippen LogP contribution in [-0.2, 0) is 9.59 Å². The van der Waals surface area contributed by atoms with Gasteiger partial charge in [0, 0.05) is 12.0 Å². The summed E-state index contributed by atoms with van der Waals surface area (Å²) in [6.07, 6.45) is 9.48. The van der Waals surface area contributed by atoms with Crippen LogP contribution in [0.2, 0.25) is 0 Å². The number of amides is 2. The van der Waals surface area contributed by atoms with Crippen molar-refractivity contribution in [1.82, 2.24) is 0 Å². The van der Waals surface area contributed by atoms with Crippen molar-refractivity contribution in [2.45, 2.75) is 39.5 Å². The van der Waals surface area contributed by atoms with E-state index in [0.29, 0.717) is 29.3 Å². The average molecular weight is 312 g/mol. The summed E-state index contributed by atoms with van der Waals surface area (Å²) in [5.74, 6) is 0.155. The van der Waals surface area contributed by atoms with Gasteiger partial charge in [0.15, 0.2) is 0 Å². The largest absolute Gasteiger partial charge is 0.324 e. The van der Waals surface area contributed by atoms with E-state index in [9.17, 15) is 9.59 Å². The van der Waals surface area contributed by atoms with Gasteiger partial charge in [-0.3, -0.25) is 9.59 Å². The Hall–Kier alpha value is -2.36. The van der Waals surface area contributed by atoms with E-state index >= 15 is 0 Å². The van der Waals surface area contributed by atoms with Gasteiger partial charge in [-0.05, 0) is 44.2 Å². The number of carbonyl (C=O) groups is 2. The van der Waals surface area contributed by atoms with Gasteiger partial charge in [0.1, 0.15) is 0 Å². The Morgan fingerprint density at radius 3 is 2.52 bits per heavy atom. The molecule has 1 aliphatic carbocycles. The Morgan fingerprint density at radius 2 is 1.91 bits per heavy atom. The number of hydrogen-bond acceptors (Lipinski definition) is 2. The minimum Gasteiger partial charge on any atom is -0.324 e. The molecule has 0 aliphatic heterocycles. The third-order valence-corrected chi connectivity index (χ3v) is 3.88. The van der Waals surface area contributed by atoms with Gasteiger partial charge < -0.3 is 10.6 Å². The Morgan fingerprint density at radius 1 is 1.22 bits per heavy atom. The number of nitrogens with one attached hydrogen (secondary N) is 2. The summed E-state index contributed by atoms with van der Waals surface area (Å²) in [6, 6.07) is 7.28. The van der Waals surface area contributed by atoms with E-state index in [4.69, 9.17) is 0 Å². The van der Waals surface area contributed by atoms with Crippen molar-refractivity contribution in [3.05, 3.63) is 48.1 Å². The zero-order chi connectivity index (χ0) is 16.7. The highest BCUT2D eigenvalue weighted by Gasteiger charge is 2.15. The number of carbonyl (C=O) groups excluding carboxylic acids is 2. The maximum absolute atomic E-state index is 12.2. The molecular formula is C19H24N2O2. The first-order valence-corrected chi connectivity index (χ1v) is 8.13. The number of para-hydroxylation sites is 2. The predicted octanol–water partition coefficient (Wildman–Crippen LogP) is 4.28. The number of allylic oxidation sites excluding steroid dienone is 3. The highest BCUT2D eigenvalue weighted by Crippen LogP contribution is 2.24. The highest BCUT2D eigenvalue weighted by atomic mass is 16.2. The van der Waals surface area contributed by atoms with Crippen molar-refractivity contribution in [3.8, 4) is 0 Å². The minimum absolute atomic E-state index is 0.0240. The van der Waals surface area contributed by atoms with Crippen LogP contribution in [0, 0.1) is 5.92 Å². The molecule has 2 amide bonds. The summed E-state index contributed by atoms with van der Waals surface area (Å²) in [5, 5.41) is 5.76. The lowest BCUT2D eigenvalue weighted by molar-refractivity contribution is -0.117. The number of anilines is 2. The molecule has 0 spiro atoms. The first-order valence-electron chi connectivity index (χ1n) is 8.13. The van der Waals surface area contributed by atoms with Gasteiger partial charge in [0.2, 0.25) is 5.91 Å². The predicted molar refractivity (Wildman–Crippen MR) is 94.2 cm³/mol. The maximum Gasteiger partial charge on any atom is 0.251 e. The summed E-state index contributed by atoms with van der Waals surface area (Å²) in [4.78, 5) is 24.3. The van der Waals surface area contributed by atoms with E-state index in [-0.39, 0.29) is 11.8 Å². The fourth-order valence-corrected chi connectivity index (χ4v) is 2.63. The van der Waals surface area contributed by atoms with Crippen LogP contribution in [0.4, 0.5) is 11.4 Å². The van der Waals surface area contributed by atoms with Crippen LogP contribution in [0.15, 0.2) is 48.1 Å². The smallest absolute Gasteiger partial charge is 0.251 e. The van der Waals surface area contributed by atoms with Crippen LogP contribution >= 0.6 is 0 Å². The van der Waals surface area contributed by atoms with Crippen LogP contribution in [-0.4, -0.2) is 11.8 Å². The van der Waals surface area contributed by atoms with Crippen molar-refractivity contribution in [2.24, 2.45) is 5.92 Å². The SMILES string of the molecule is CC/C=C(/C)C(=O)Nc1ccccc1NC(=O)CC1C=CCC1. The lowest BCUT2D eigenvalue weighted by Crippen LogP contribution is -2.18. The fourth-order valence-electron chi connectivity index (χ4n) is 2.63. The van der Waals surface area contributed by atoms with Crippen LogP contribution in [0.3, 0.4) is 0 Å². The second-order valence-electron chi connectivity index (χ2n) is 5.81. The van der Waals surface area contributed by atoms with E-state index in [1.54, 1.807) is 19.1 Å². The van der Waals surface area contributed by atoms with E-state index in [2.05, 4.69) is 22.8 Å². The highest BCUT2D eigenvalue weighted by molar-refractivity contribution is 6.06. The molecule has 4 nitrogen and oxygen atoms in total. The molecular weight excluding hydrogens is 288 g/mol. The first-order chi connectivity index (χ1) is 11.1. The zero-order valence-corrected chi connectivity index (χ0v) is 13.8. The molecule has 0 fully saturated rings. The first kappa shape index (κ1) is 17.0. The van der Waals surface area contributed by atoms with Crippen LogP contribution in [0.5, 0.6) is 0 Å². The molecule has 1 atom stereocenters. The summed E-state index contributed by atoms with van der Waals surface area (Å²) < 4.78 is 0. The molecule has 2 rings (SSSR count). The molecule has 23 heavy (non-hydrogen) atoms. The summed E-state index contributed by atoms with van der Waals surface area (Å²) in [6.45, 7) is 3.77. The van der Waals surface area contributed by atoms with Crippen molar-refractivity contribution >= 4 is 23.2 Å². The number of rotatable bonds is 6. The number of benzene rings is 1. The summed E-state index contributed by atoms with van der Waals surface area (Å²) >= 11 is 0. The second kappa shape index (κ2) is 8.32. The average Bonchev–Trinajstić information content (AvgIpc) is 3.02. The zero-order valence-electron chi connectivity index (χ0n) is 13.8. The van der Waals surface area contributed by atoms with Gasteiger partial charge >= 0.3 is 0 Å². The molecule has 122 valence electrons. The molecule has 1 aliphatic rings. The lowest BCUT2D eigenvalue weighted by atomic mass is 10.0. The van der Waals surface area contributed by atoms with Crippen molar-refractivity contribution < 1.29 is 9.59 Å². The fraction of sp³-hybridized carbons (Fsp3) is 0.368. The van der Waals surface area contributed by atoms with E-state index in [0.717, 1.165) is 19.3 Å². The summed E-state index contributed by atoms with van der Waals surface area (Å²) in [7, 11) is 0. The quantitative estimate of drug-likeness (QED) is 0.608. The van der Waals surface area contributed by atoms with Crippen molar-refractivity contribution in [2.75, 3.05) is 10.6 Å². The Bertz CT molecular complexity index is 632. The van der Waals surface area contributed by atoms with Gasteiger partial charge in [-0.25, -0.2) is 0 Å². The van der Waals surface area contributed by atoms with E-state index in [1.165, 1.54) is 0 Å². The molecule has 4 heteroatoms. The topological polar surface area (TPSA) is 58.2 Å². The molecule has 2 N–H and O–H groups in total. The Kier molecular flexibility index (Phi) is 6.15. The second-order valence-corrected chi connectivity index (χ2v) is 5.81. The minimum atomic E-state index is -0.146. The van der Waals surface area contributed by atoms with Gasteiger partial charge in [0.25, 0.3) is 5.91 Å².